The lowest BCUT2D eigenvalue weighted by atomic mass is 9.92. The van der Waals surface area contributed by atoms with Crippen molar-refractivity contribution in [1.29, 1.82) is 0 Å². The standard InChI is InChI=1S/C15H18ClN3O2S2/c1-9-5-10(2)7-19(6-9)13(20)8-22-15-18-17-14(21-15)11-3-4-12(16)23-11/h3-4,9-10H,5-8H2,1-2H3/t9-,10-/m0/s1. The van der Waals surface area contributed by atoms with E-state index < -0.39 is 0 Å². The topological polar surface area (TPSA) is 59.2 Å². The second-order valence-electron chi connectivity index (χ2n) is 6.01. The van der Waals surface area contributed by atoms with Gasteiger partial charge in [-0.15, -0.1) is 21.5 Å². The van der Waals surface area contributed by atoms with Crippen LogP contribution in [0.4, 0.5) is 0 Å². The number of aromatic nitrogens is 2. The van der Waals surface area contributed by atoms with Crippen molar-refractivity contribution in [2.45, 2.75) is 25.5 Å². The van der Waals surface area contributed by atoms with Crippen LogP contribution in [0.3, 0.4) is 0 Å². The average molecular weight is 372 g/mol. The van der Waals surface area contributed by atoms with Gasteiger partial charge < -0.3 is 9.32 Å². The Balaban J connectivity index is 1.56. The highest BCUT2D eigenvalue weighted by molar-refractivity contribution is 7.99. The fourth-order valence-corrected chi connectivity index (χ4v) is 4.51. The Morgan fingerprint density at radius 2 is 2.13 bits per heavy atom. The van der Waals surface area contributed by atoms with Crippen LogP contribution in [0.2, 0.25) is 4.34 Å². The molecule has 0 spiro atoms. The summed E-state index contributed by atoms with van der Waals surface area (Å²) < 4.78 is 6.26. The third-order valence-electron chi connectivity index (χ3n) is 3.73. The third kappa shape index (κ3) is 4.28. The van der Waals surface area contributed by atoms with E-state index in [1.54, 1.807) is 6.07 Å². The van der Waals surface area contributed by atoms with Gasteiger partial charge in [0.15, 0.2) is 0 Å². The Kier molecular flexibility index (Phi) is 5.28. The molecule has 3 heterocycles. The molecule has 8 heteroatoms. The summed E-state index contributed by atoms with van der Waals surface area (Å²) in [5.41, 5.74) is 0. The number of amides is 1. The number of rotatable bonds is 4. The SMILES string of the molecule is C[C@H]1C[C@H](C)CN(C(=O)CSc2nnc(-c3ccc(Cl)s3)o2)C1. The molecule has 1 saturated heterocycles. The molecule has 5 nitrogen and oxygen atoms in total. The van der Waals surface area contributed by atoms with E-state index in [2.05, 4.69) is 24.0 Å². The summed E-state index contributed by atoms with van der Waals surface area (Å²) in [7, 11) is 0. The fourth-order valence-electron chi connectivity index (χ4n) is 2.88. The van der Waals surface area contributed by atoms with E-state index in [4.69, 9.17) is 16.0 Å². The second-order valence-corrected chi connectivity index (χ2v) is 8.65. The first kappa shape index (κ1) is 16.8. The van der Waals surface area contributed by atoms with Gasteiger partial charge in [-0.1, -0.05) is 37.2 Å². The molecule has 1 amide bonds. The van der Waals surface area contributed by atoms with Gasteiger partial charge >= 0.3 is 0 Å². The molecule has 0 N–H and O–H groups in total. The van der Waals surface area contributed by atoms with Crippen LogP contribution in [-0.4, -0.2) is 39.8 Å². The molecule has 2 aromatic heterocycles. The molecular formula is C15H18ClN3O2S2. The molecule has 0 bridgehead atoms. The van der Waals surface area contributed by atoms with Crippen molar-refractivity contribution in [2.24, 2.45) is 11.8 Å². The minimum absolute atomic E-state index is 0.132. The monoisotopic (exact) mass is 371 g/mol. The normalized spacial score (nSPS) is 21.6. The quantitative estimate of drug-likeness (QED) is 0.759. The summed E-state index contributed by atoms with van der Waals surface area (Å²) in [5.74, 6) is 2.02. The van der Waals surface area contributed by atoms with Crippen LogP contribution < -0.4 is 0 Å². The molecule has 0 unspecified atom stereocenters. The predicted octanol–water partition coefficient (Wildman–Crippen LogP) is 4.05. The number of halogens is 1. The number of carbonyl (C=O) groups is 1. The van der Waals surface area contributed by atoms with Gasteiger partial charge in [0, 0.05) is 13.1 Å². The van der Waals surface area contributed by atoms with Crippen LogP contribution in [0.15, 0.2) is 21.8 Å². The van der Waals surface area contributed by atoms with Crippen molar-refractivity contribution >= 4 is 40.6 Å². The number of thiophene rings is 1. The largest absolute Gasteiger partial charge is 0.410 e. The zero-order valence-corrected chi connectivity index (χ0v) is 15.4. The Hall–Kier alpha value is -1.05. The highest BCUT2D eigenvalue weighted by atomic mass is 35.5. The summed E-state index contributed by atoms with van der Waals surface area (Å²) in [6.45, 7) is 6.07. The van der Waals surface area contributed by atoms with Crippen LogP contribution >= 0.6 is 34.7 Å². The van der Waals surface area contributed by atoms with Gasteiger partial charge in [-0.2, -0.15) is 0 Å². The van der Waals surface area contributed by atoms with Crippen molar-refractivity contribution in [3.05, 3.63) is 16.5 Å². The van der Waals surface area contributed by atoms with Crippen molar-refractivity contribution < 1.29 is 9.21 Å². The lowest BCUT2D eigenvalue weighted by Crippen LogP contribution is -2.43. The first-order valence-corrected chi connectivity index (χ1v) is 9.69. The summed E-state index contributed by atoms with van der Waals surface area (Å²) in [6, 6.07) is 3.64. The molecule has 124 valence electrons. The fraction of sp³-hybridized carbons (Fsp3) is 0.533. The molecular weight excluding hydrogens is 354 g/mol. The predicted molar refractivity (Wildman–Crippen MR) is 92.9 cm³/mol. The van der Waals surface area contributed by atoms with Gasteiger partial charge in [-0.25, -0.2) is 0 Å². The molecule has 1 aliphatic rings. The zero-order valence-electron chi connectivity index (χ0n) is 13.0. The number of likely N-dealkylation sites (tertiary alicyclic amines) is 1. The molecule has 3 rings (SSSR count). The van der Waals surface area contributed by atoms with Gasteiger partial charge in [0.2, 0.25) is 5.91 Å². The van der Waals surface area contributed by atoms with Crippen LogP contribution in [0, 0.1) is 11.8 Å². The zero-order chi connectivity index (χ0) is 16.4. The summed E-state index contributed by atoms with van der Waals surface area (Å²) in [4.78, 5) is 15.1. The highest BCUT2D eigenvalue weighted by Gasteiger charge is 2.25. The number of carbonyl (C=O) groups excluding carboxylic acids is 1. The number of nitrogens with zero attached hydrogens (tertiary/aromatic N) is 3. The summed E-state index contributed by atoms with van der Waals surface area (Å²) in [5, 5.41) is 8.40. The van der Waals surface area contributed by atoms with Crippen molar-refractivity contribution in [1.82, 2.24) is 15.1 Å². The van der Waals surface area contributed by atoms with E-state index in [9.17, 15) is 4.79 Å². The van der Waals surface area contributed by atoms with Gasteiger partial charge in [0.05, 0.1) is 15.0 Å². The minimum atomic E-state index is 0.132. The molecule has 0 aromatic carbocycles. The highest BCUT2D eigenvalue weighted by Crippen LogP contribution is 2.31. The molecule has 1 aliphatic heterocycles. The number of hydrogen-bond donors (Lipinski definition) is 0. The Morgan fingerprint density at radius 3 is 2.78 bits per heavy atom. The maximum Gasteiger partial charge on any atom is 0.277 e. The summed E-state index contributed by atoms with van der Waals surface area (Å²) in [6.07, 6.45) is 1.19. The Labute approximate surface area is 148 Å². The van der Waals surface area contributed by atoms with E-state index in [1.807, 2.05) is 11.0 Å². The third-order valence-corrected chi connectivity index (χ3v) is 5.75. The van der Waals surface area contributed by atoms with E-state index >= 15 is 0 Å². The lowest BCUT2D eigenvalue weighted by Gasteiger charge is -2.34. The van der Waals surface area contributed by atoms with Gasteiger partial charge in [0.25, 0.3) is 11.1 Å². The van der Waals surface area contributed by atoms with Gasteiger partial charge in [-0.05, 0) is 30.4 Å². The molecule has 0 saturated carbocycles. The lowest BCUT2D eigenvalue weighted by molar-refractivity contribution is -0.130. The Bertz CT molecular complexity index is 678. The number of thioether (sulfide) groups is 1. The van der Waals surface area contributed by atoms with E-state index in [-0.39, 0.29) is 5.91 Å². The van der Waals surface area contributed by atoms with Gasteiger partial charge in [-0.3, -0.25) is 4.79 Å². The maximum atomic E-state index is 12.3. The first-order valence-electron chi connectivity index (χ1n) is 7.51. The molecule has 2 atom stereocenters. The first-order chi connectivity index (χ1) is 11.0. The number of piperidine rings is 1. The molecule has 0 radical (unpaired) electrons. The van der Waals surface area contributed by atoms with Crippen LogP contribution in [0.25, 0.3) is 10.8 Å². The van der Waals surface area contributed by atoms with E-state index in [1.165, 1.54) is 29.5 Å². The van der Waals surface area contributed by atoms with Crippen molar-refractivity contribution in [3.63, 3.8) is 0 Å². The molecule has 1 fully saturated rings. The van der Waals surface area contributed by atoms with Crippen molar-refractivity contribution in [2.75, 3.05) is 18.8 Å². The average Bonchev–Trinajstić information content (AvgIpc) is 3.12. The minimum Gasteiger partial charge on any atom is -0.410 e. The molecule has 2 aromatic rings. The maximum absolute atomic E-state index is 12.3. The van der Waals surface area contributed by atoms with Crippen molar-refractivity contribution in [3.8, 4) is 10.8 Å². The molecule has 23 heavy (non-hydrogen) atoms. The Morgan fingerprint density at radius 1 is 1.39 bits per heavy atom. The van der Waals surface area contributed by atoms with Crippen LogP contribution in [0.1, 0.15) is 20.3 Å². The van der Waals surface area contributed by atoms with E-state index in [0.29, 0.717) is 33.0 Å². The van der Waals surface area contributed by atoms with Crippen LogP contribution in [0.5, 0.6) is 0 Å². The molecule has 0 aliphatic carbocycles. The second kappa shape index (κ2) is 7.23. The summed E-state index contributed by atoms with van der Waals surface area (Å²) >= 11 is 8.58. The number of hydrogen-bond acceptors (Lipinski definition) is 6. The smallest absolute Gasteiger partial charge is 0.277 e. The van der Waals surface area contributed by atoms with E-state index in [0.717, 1.165) is 18.0 Å². The van der Waals surface area contributed by atoms with Gasteiger partial charge in [0.1, 0.15) is 0 Å². The van der Waals surface area contributed by atoms with Crippen LogP contribution in [-0.2, 0) is 4.79 Å².